The highest BCUT2D eigenvalue weighted by atomic mass is 79.9. The molecule has 0 radical (unpaired) electrons. The van der Waals surface area contributed by atoms with Gasteiger partial charge >= 0.3 is 6.03 Å². The van der Waals surface area contributed by atoms with Gasteiger partial charge in [0, 0.05) is 4.47 Å². The summed E-state index contributed by atoms with van der Waals surface area (Å²) in [6.07, 6.45) is 0.105. The van der Waals surface area contributed by atoms with E-state index in [4.69, 9.17) is 23.2 Å². The normalized spacial score (nSPS) is 10.0. The zero-order valence-corrected chi connectivity index (χ0v) is 14.8. The number of halogens is 3. The molecule has 0 saturated carbocycles. The minimum atomic E-state index is -0.668. The van der Waals surface area contributed by atoms with Gasteiger partial charge in [0.2, 0.25) is 5.91 Å². The first-order chi connectivity index (χ1) is 10.9. The molecule has 3 amide bonds. The molecule has 0 bridgehead atoms. The lowest BCUT2D eigenvalue weighted by atomic mass is 10.1. The number of benzene rings is 2. The van der Waals surface area contributed by atoms with Crippen LogP contribution in [0.4, 0.5) is 10.5 Å². The fraction of sp³-hybridized carbons (Fsp3) is 0.0667. The van der Waals surface area contributed by atoms with Gasteiger partial charge in [-0.2, -0.15) is 0 Å². The molecule has 120 valence electrons. The highest BCUT2D eigenvalue weighted by Gasteiger charge is 2.08. The molecule has 3 N–H and O–H groups in total. The fourth-order valence-electron chi connectivity index (χ4n) is 1.69. The van der Waals surface area contributed by atoms with Gasteiger partial charge in [-0.05, 0) is 35.9 Å². The summed E-state index contributed by atoms with van der Waals surface area (Å²) in [6, 6.07) is 11.4. The average Bonchev–Trinajstić information content (AvgIpc) is 2.51. The monoisotopic (exact) mass is 415 g/mol. The molecule has 0 heterocycles. The molecule has 0 saturated heterocycles. The molecule has 0 unspecified atom stereocenters. The van der Waals surface area contributed by atoms with Gasteiger partial charge in [0.1, 0.15) is 0 Å². The van der Waals surface area contributed by atoms with E-state index in [1.54, 1.807) is 30.3 Å². The molecule has 0 spiro atoms. The van der Waals surface area contributed by atoms with Crippen LogP contribution in [0.15, 0.2) is 46.9 Å². The highest BCUT2D eigenvalue weighted by Crippen LogP contribution is 2.24. The number of imide groups is 1. The summed E-state index contributed by atoms with van der Waals surface area (Å²) >= 11 is 15.0. The van der Waals surface area contributed by atoms with Gasteiger partial charge in [-0.3, -0.25) is 21.0 Å². The van der Waals surface area contributed by atoms with Crippen LogP contribution >= 0.6 is 39.1 Å². The van der Waals surface area contributed by atoms with E-state index >= 15 is 0 Å². The number of amides is 3. The number of carbonyl (C=O) groups excluding carboxylic acids is 2. The van der Waals surface area contributed by atoms with Gasteiger partial charge in [0.25, 0.3) is 0 Å². The van der Waals surface area contributed by atoms with Gasteiger partial charge < -0.3 is 0 Å². The van der Waals surface area contributed by atoms with Gasteiger partial charge in [0.05, 0.1) is 22.2 Å². The van der Waals surface area contributed by atoms with Gasteiger partial charge in [-0.15, -0.1) is 0 Å². The van der Waals surface area contributed by atoms with Crippen molar-refractivity contribution in [2.75, 3.05) is 5.43 Å². The Kier molecular flexibility index (Phi) is 6.27. The maximum absolute atomic E-state index is 11.8. The van der Waals surface area contributed by atoms with Crippen molar-refractivity contribution in [1.82, 2.24) is 10.7 Å². The lowest BCUT2D eigenvalue weighted by Gasteiger charge is -2.10. The number of carbonyl (C=O) groups is 2. The molecular formula is C15H12BrCl2N3O2. The largest absolute Gasteiger partial charge is 0.340 e. The minimum absolute atomic E-state index is 0.105. The molecular weight excluding hydrogens is 405 g/mol. The number of hydrazine groups is 1. The van der Waals surface area contributed by atoms with E-state index in [0.29, 0.717) is 15.7 Å². The Morgan fingerprint density at radius 3 is 2.35 bits per heavy atom. The molecule has 23 heavy (non-hydrogen) atoms. The van der Waals surface area contributed by atoms with Crippen LogP contribution in [0.2, 0.25) is 10.0 Å². The Labute approximate surface area is 151 Å². The van der Waals surface area contributed by atoms with E-state index in [1.165, 1.54) is 0 Å². The average molecular weight is 417 g/mol. The van der Waals surface area contributed by atoms with Crippen molar-refractivity contribution in [3.05, 3.63) is 62.5 Å². The van der Waals surface area contributed by atoms with Gasteiger partial charge in [0.15, 0.2) is 0 Å². The minimum Gasteiger partial charge on any atom is -0.297 e. The first kappa shape index (κ1) is 17.6. The van der Waals surface area contributed by atoms with Crippen LogP contribution < -0.4 is 16.2 Å². The number of nitrogens with one attached hydrogen (secondary N) is 3. The van der Waals surface area contributed by atoms with Crippen LogP contribution in [-0.2, 0) is 11.2 Å². The number of anilines is 1. The molecule has 2 aromatic rings. The van der Waals surface area contributed by atoms with Crippen molar-refractivity contribution < 1.29 is 9.59 Å². The summed E-state index contributed by atoms with van der Waals surface area (Å²) in [7, 11) is 0. The molecule has 2 rings (SSSR count). The summed E-state index contributed by atoms with van der Waals surface area (Å²) in [4.78, 5) is 23.4. The van der Waals surface area contributed by atoms with Crippen molar-refractivity contribution in [2.45, 2.75) is 6.42 Å². The SMILES string of the molecule is O=C(Cc1ccc(Br)cc1)NC(=O)NNc1ccc(Cl)c(Cl)c1. The number of rotatable bonds is 4. The topological polar surface area (TPSA) is 70.2 Å². The maximum Gasteiger partial charge on any atom is 0.340 e. The van der Waals surface area contributed by atoms with Gasteiger partial charge in [-0.25, -0.2) is 4.79 Å². The van der Waals surface area contributed by atoms with Crippen molar-refractivity contribution in [1.29, 1.82) is 0 Å². The molecule has 5 nitrogen and oxygen atoms in total. The molecule has 0 aromatic heterocycles. The molecule has 0 fully saturated rings. The summed E-state index contributed by atoms with van der Waals surface area (Å²) in [5.41, 5.74) is 6.31. The number of hydrogen-bond acceptors (Lipinski definition) is 3. The van der Waals surface area contributed by atoms with Crippen LogP contribution in [0.3, 0.4) is 0 Å². The van der Waals surface area contributed by atoms with E-state index in [2.05, 4.69) is 32.1 Å². The fourth-order valence-corrected chi connectivity index (χ4v) is 2.25. The second kappa shape index (κ2) is 8.19. The Bertz CT molecular complexity index is 723. The zero-order valence-electron chi connectivity index (χ0n) is 11.7. The zero-order chi connectivity index (χ0) is 16.8. The Balaban J connectivity index is 1.80. The van der Waals surface area contributed by atoms with Crippen molar-refractivity contribution in [2.24, 2.45) is 0 Å². The highest BCUT2D eigenvalue weighted by molar-refractivity contribution is 9.10. The van der Waals surface area contributed by atoms with Crippen LogP contribution in [0.1, 0.15) is 5.56 Å². The third-order valence-corrected chi connectivity index (χ3v) is 4.04. The molecule has 0 aliphatic heterocycles. The van der Waals surface area contributed by atoms with Crippen molar-refractivity contribution >= 4 is 56.8 Å². The van der Waals surface area contributed by atoms with E-state index < -0.39 is 11.9 Å². The third kappa shape index (κ3) is 5.74. The predicted molar refractivity (Wildman–Crippen MR) is 94.6 cm³/mol. The molecule has 2 aromatic carbocycles. The first-order valence-electron chi connectivity index (χ1n) is 6.49. The summed E-state index contributed by atoms with van der Waals surface area (Å²) in [6.45, 7) is 0. The molecule has 0 atom stereocenters. The lowest BCUT2D eigenvalue weighted by Crippen LogP contribution is -2.42. The van der Waals surface area contributed by atoms with E-state index in [1.807, 2.05) is 12.1 Å². The summed E-state index contributed by atoms with van der Waals surface area (Å²) in [5, 5.41) is 2.98. The number of urea groups is 1. The predicted octanol–water partition coefficient (Wildman–Crippen LogP) is 4.15. The Hall–Kier alpha value is -1.76. The third-order valence-electron chi connectivity index (χ3n) is 2.77. The van der Waals surface area contributed by atoms with Crippen molar-refractivity contribution in [3.63, 3.8) is 0 Å². The lowest BCUT2D eigenvalue weighted by molar-refractivity contribution is -0.119. The molecule has 0 aliphatic carbocycles. The molecule has 8 heteroatoms. The second-order valence-corrected chi connectivity index (χ2v) is 6.29. The van der Waals surface area contributed by atoms with Gasteiger partial charge in [-0.1, -0.05) is 51.3 Å². The van der Waals surface area contributed by atoms with Crippen LogP contribution in [0.5, 0.6) is 0 Å². The van der Waals surface area contributed by atoms with E-state index in [0.717, 1.165) is 10.0 Å². The van der Waals surface area contributed by atoms with E-state index in [-0.39, 0.29) is 6.42 Å². The summed E-state index contributed by atoms with van der Waals surface area (Å²) in [5.74, 6) is -0.416. The Morgan fingerprint density at radius 2 is 1.70 bits per heavy atom. The second-order valence-electron chi connectivity index (χ2n) is 4.56. The maximum atomic E-state index is 11.8. The van der Waals surface area contributed by atoms with Crippen LogP contribution in [0.25, 0.3) is 0 Å². The quantitative estimate of drug-likeness (QED) is 0.655. The number of hydrogen-bond donors (Lipinski definition) is 3. The Morgan fingerprint density at radius 1 is 1.00 bits per heavy atom. The standard InChI is InChI=1S/C15H12BrCl2N3O2/c16-10-3-1-9(2-4-10)7-14(22)19-15(23)21-20-11-5-6-12(17)13(18)8-11/h1-6,8,20H,7H2,(H2,19,21,22,23). The molecule has 0 aliphatic rings. The van der Waals surface area contributed by atoms with Crippen molar-refractivity contribution in [3.8, 4) is 0 Å². The first-order valence-corrected chi connectivity index (χ1v) is 8.04. The summed E-state index contributed by atoms with van der Waals surface area (Å²) < 4.78 is 0.922. The van der Waals surface area contributed by atoms with Crippen LogP contribution in [0, 0.1) is 0 Å². The van der Waals surface area contributed by atoms with E-state index in [9.17, 15) is 9.59 Å². The smallest absolute Gasteiger partial charge is 0.297 e. The van der Waals surface area contributed by atoms with Crippen LogP contribution in [-0.4, -0.2) is 11.9 Å².